The third kappa shape index (κ3) is 9.61. The monoisotopic (exact) mass is 876 g/mol. The van der Waals surface area contributed by atoms with Crippen LogP contribution in [0.1, 0.15) is 51.1 Å². The van der Waals surface area contributed by atoms with E-state index in [1.807, 2.05) is 97.1 Å². The van der Waals surface area contributed by atoms with Crippen LogP contribution in [0.3, 0.4) is 0 Å². The standard InChI is InChI=1S/C41H36N4O4.2C2HF3O2/c46-38-30-16-5-3-14-28(30)36-34(38)26-12-1-7-18-32(26)40(48)44(36)24-10-22-42-20-9-21-43-23-11-25-45-37-29-15-4-6-17-31(29)39(47)35(37)27-13-2-8-19-33(27)41(45)49;2*3-2(4,5)1(6)7/h1-8,12-19,42-43H,9-11,20-25H2;2*(H,6,7). The summed E-state index contributed by atoms with van der Waals surface area (Å²) in [4.78, 5) is 71.7. The van der Waals surface area contributed by atoms with Crippen molar-refractivity contribution < 1.29 is 55.7 Å². The lowest BCUT2D eigenvalue weighted by molar-refractivity contribution is -0.193. The number of hydrogen-bond donors (Lipinski definition) is 4. The lowest BCUT2D eigenvalue weighted by Gasteiger charge is -2.15. The summed E-state index contributed by atoms with van der Waals surface area (Å²) in [5.74, 6) is -5.55. The largest absolute Gasteiger partial charge is 0.490 e. The smallest absolute Gasteiger partial charge is 0.475 e. The second-order valence-electron chi connectivity index (χ2n) is 14.4. The number of fused-ring (bicyclic) bond motifs is 10. The molecule has 18 heteroatoms. The van der Waals surface area contributed by atoms with Crippen molar-refractivity contribution in [3.63, 3.8) is 0 Å². The summed E-state index contributed by atoms with van der Waals surface area (Å²) >= 11 is 0. The van der Waals surface area contributed by atoms with Crippen molar-refractivity contribution >= 4 is 45.0 Å². The van der Waals surface area contributed by atoms with Crippen LogP contribution in [0.2, 0.25) is 0 Å². The average Bonchev–Trinajstić information content (AvgIpc) is 3.72. The van der Waals surface area contributed by atoms with Crippen LogP contribution in [0.25, 0.3) is 44.1 Å². The minimum Gasteiger partial charge on any atom is -0.475 e. The van der Waals surface area contributed by atoms with Crippen LogP contribution in [0.4, 0.5) is 26.3 Å². The number of benzene rings is 4. The number of aromatic nitrogens is 2. The first kappa shape index (κ1) is 45.6. The third-order valence-corrected chi connectivity index (χ3v) is 10.3. The van der Waals surface area contributed by atoms with Gasteiger partial charge in [0.2, 0.25) is 0 Å². The first-order valence-electron chi connectivity index (χ1n) is 19.6. The van der Waals surface area contributed by atoms with Gasteiger partial charge in [-0.25, -0.2) is 9.59 Å². The number of nitrogens with zero attached hydrogens (tertiary/aromatic N) is 2. The number of aliphatic carboxylic acids is 2. The Bertz CT molecular complexity index is 2670. The second-order valence-corrected chi connectivity index (χ2v) is 14.4. The zero-order valence-electron chi connectivity index (χ0n) is 33.1. The van der Waals surface area contributed by atoms with Gasteiger partial charge >= 0.3 is 24.3 Å². The van der Waals surface area contributed by atoms with Crippen LogP contribution in [0.5, 0.6) is 0 Å². The van der Waals surface area contributed by atoms with Crippen LogP contribution < -0.4 is 21.8 Å². The number of alkyl halides is 6. The molecular weight excluding hydrogens is 839 g/mol. The number of carboxylic acids is 2. The summed E-state index contributed by atoms with van der Waals surface area (Å²) in [6.45, 7) is 4.20. The molecule has 0 atom stereocenters. The molecule has 2 aromatic heterocycles. The topological polar surface area (TPSA) is 177 Å². The highest BCUT2D eigenvalue weighted by Gasteiger charge is 2.39. The fourth-order valence-electron chi connectivity index (χ4n) is 7.60. The molecule has 4 N–H and O–H groups in total. The van der Waals surface area contributed by atoms with E-state index >= 15 is 0 Å². The van der Waals surface area contributed by atoms with E-state index in [1.54, 1.807) is 9.13 Å². The van der Waals surface area contributed by atoms with Crippen molar-refractivity contribution in [1.82, 2.24) is 19.8 Å². The number of halogens is 6. The van der Waals surface area contributed by atoms with Gasteiger partial charge < -0.3 is 30.0 Å². The number of ketones is 2. The lowest BCUT2D eigenvalue weighted by atomic mass is 10.0. The molecule has 0 aliphatic heterocycles. The van der Waals surface area contributed by atoms with Gasteiger partial charge in [-0.05, 0) is 57.6 Å². The maximum atomic E-state index is 13.6. The number of rotatable bonds is 12. The predicted molar refractivity (Wildman–Crippen MR) is 221 cm³/mol. The van der Waals surface area contributed by atoms with Gasteiger partial charge in [-0.1, -0.05) is 84.9 Å². The Morgan fingerprint density at radius 1 is 0.460 bits per heavy atom. The van der Waals surface area contributed by atoms with E-state index in [1.165, 1.54) is 0 Å². The summed E-state index contributed by atoms with van der Waals surface area (Å²) in [6.07, 6.45) is -7.73. The number of carbonyl (C=O) groups is 4. The predicted octanol–water partition coefficient (Wildman–Crippen LogP) is 7.06. The quantitative estimate of drug-likeness (QED) is 0.0735. The molecule has 0 unspecified atom stereocenters. The van der Waals surface area contributed by atoms with Gasteiger partial charge in [-0.3, -0.25) is 19.2 Å². The first-order chi connectivity index (χ1) is 29.9. The third-order valence-electron chi connectivity index (χ3n) is 10.3. The van der Waals surface area contributed by atoms with E-state index in [0.29, 0.717) is 46.1 Å². The summed E-state index contributed by atoms with van der Waals surface area (Å²) in [6, 6.07) is 29.9. The first-order valence-corrected chi connectivity index (χ1v) is 19.6. The Balaban J connectivity index is 0.000000409. The van der Waals surface area contributed by atoms with Gasteiger partial charge in [0.15, 0.2) is 11.6 Å². The maximum absolute atomic E-state index is 13.6. The molecule has 0 spiro atoms. The molecule has 0 saturated carbocycles. The Morgan fingerprint density at radius 3 is 1.08 bits per heavy atom. The number of pyridine rings is 2. The number of nitrogens with one attached hydrogen (secondary N) is 2. The maximum Gasteiger partial charge on any atom is 0.490 e. The minimum absolute atomic E-state index is 0.0187. The summed E-state index contributed by atoms with van der Waals surface area (Å²) in [5, 5.41) is 23.8. The zero-order valence-corrected chi connectivity index (χ0v) is 33.1. The van der Waals surface area contributed by atoms with E-state index in [2.05, 4.69) is 10.6 Å². The van der Waals surface area contributed by atoms with Crippen LogP contribution in [-0.2, 0) is 22.7 Å². The lowest BCUT2D eigenvalue weighted by Crippen LogP contribution is -2.28. The molecular formula is C45H38F6N4O8. The highest BCUT2D eigenvalue weighted by molar-refractivity contribution is 6.27. The van der Waals surface area contributed by atoms with Crippen molar-refractivity contribution in [2.75, 3.05) is 26.2 Å². The molecule has 6 aromatic rings. The van der Waals surface area contributed by atoms with Crippen molar-refractivity contribution in [3.8, 4) is 22.5 Å². The summed E-state index contributed by atoms with van der Waals surface area (Å²) in [7, 11) is 0. The molecule has 63 heavy (non-hydrogen) atoms. The molecule has 2 aliphatic rings. The molecule has 4 aromatic carbocycles. The number of hydrogen-bond acceptors (Lipinski definition) is 8. The van der Waals surface area contributed by atoms with E-state index in [4.69, 9.17) is 19.8 Å². The molecule has 0 amide bonds. The molecule has 0 fully saturated rings. The number of carboxylic acid groups (broad SMARTS) is 2. The Morgan fingerprint density at radius 2 is 0.746 bits per heavy atom. The number of carbonyl (C=O) groups excluding carboxylic acids is 2. The molecule has 328 valence electrons. The Labute approximate surface area is 353 Å². The highest BCUT2D eigenvalue weighted by atomic mass is 19.4. The second kappa shape index (κ2) is 19.0. The van der Waals surface area contributed by atoms with Crippen molar-refractivity contribution in [2.24, 2.45) is 0 Å². The van der Waals surface area contributed by atoms with Crippen LogP contribution in [-0.4, -0.2) is 81.4 Å². The van der Waals surface area contributed by atoms with Crippen molar-refractivity contribution in [1.29, 1.82) is 0 Å². The Kier molecular flexibility index (Phi) is 13.8. The van der Waals surface area contributed by atoms with Gasteiger partial charge in [-0.2, -0.15) is 26.3 Å². The van der Waals surface area contributed by atoms with E-state index in [0.717, 1.165) is 78.7 Å². The highest BCUT2D eigenvalue weighted by Crippen LogP contribution is 2.40. The van der Waals surface area contributed by atoms with E-state index < -0.39 is 24.3 Å². The molecule has 0 saturated heterocycles. The molecule has 12 nitrogen and oxygen atoms in total. The molecule has 8 rings (SSSR count). The van der Waals surface area contributed by atoms with Gasteiger partial charge in [0.05, 0.1) is 22.5 Å². The summed E-state index contributed by atoms with van der Waals surface area (Å²) in [5.41, 5.74) is 5.58. The fourth-order valence-corrected chi connectivity index (χ4v) is 7.60. The average molecular weight is 877 g/mol. The van der Waals surface area contributed by atoms with Crippen LogP contribution in [0.15, 0.2) is 107 Å². The minimum atomic E-state index is -5.08. The van der Waals surface area contributed by atoms with Crippen molar-refractivity contribution in [3.05, 3.63) is 140 Å². The van der Waals surface area contributed by atoms with E-state index in [9.17, 15) is 45.5 Å². The zero-order chi connectivity index (χ0) is 45.6. The molecule has 2 aliphatic carbocycles. The molecule has 2 heterocycles. The molecule has 0 bridgehead atoms. The van der Waals surface area contributed by atoms with Gasteiger partial charge in [0, 0.05) is 56.9 Å². The van der Waals surface area contributed by atoms with Gasteiger partial charge in [-0.15, -0.1) is 0 Å². The molecule has 0 radical (unpaired) electrons. The van der Waals surface area contributed by atoms with Crippen molar-refractivity contribution in [2.45, 2.75) is 44.7 Å². The van der Waals surface area contributed by atoms with Crippen LogP contribution >= 0.6 is 0 Å². The van der Waals surface area contributed by atoms with Gasteiger partial charge in [0.1, 0.15) is 0 Å². The Hall–Kier alpha value is -6.92. The van der Waals surface area contributed by atoms with Gasteiger partial charge in [0.25, 0.3) is 11.1 Å². The normalized spacial score (nSPS) is 12.5. The van der Waals surface area contributed by atoms with E-state index in [-0.39, 0.29) is 22.7 Å². The fraction of sp³-hybridized carbons (Fsp3) is 0.244. The van der Waals surface area contributed by atoms with Crippen LogP contribution in [0, 0.1) is 0 Å². The summed E-state index contributed by atoms with van der Waals surface area (Å²) < 4.78 is 67.0. The SMILES string of the molecule is O=C(O)C(F)(F)F.O=C(O)C(F)(F)F.O=C1c2ccccc2-c2c1c1ccccc1c(=O)n2CCCNCCCNCCCn1c2c(c3ccccc3c1=O)C(=O)c1ccccc1-2.